The van der Waals surface area contributed by atoms with Gasteiger partial charge in [0, 0.05) is 5.56 Å². The summed E-state index contributed by atoms with van der Waals surface area (Å²) in [5, 5.41) is 12.3. The van der Waals surface area contributed by atoms with Crippen LogP contribution in [0, 0.1) is 11.3 Å². The minimum Gasteiger partial charge on any atom is -0.488 e. The van der Waals surface area contributed by atoms with Crippen molar-refractivity contribution in [2.45, 2.75) is 37.8 Å². The molecule has 1 aliphatic rings. The number of amides is 2. The normalized spacial score (nSPS) is 14.9. The first-order valence-electron chi connectivity index (χ1n) is 8.87. The molecule has 2 aromatic rings. The Balaban J connectivity index is 1.70. The Morgan fingerprint density at radius 3 is 2.59 bits per heavy atom. The Kier molecular flexibility index (Phi) is 5.41. The molecule has 3 N–H and O–H groups in total. The summed E-state index contributed by atoms with van der Waals surface area (Å²) in [6.07, 6.45) is 3.26. The maximum absolute atomic E-state index is 12.6. The molecule has 0 atom stereocenters. The van der Waals surface area contributed by atoms with E-state index in [0.717, 1.165) is 18.4 Å². The predicted molar refractivity (Wildman–Crippen MR) is 100 cm³/mol. The molecule has 2 aromatic carbocycles. The molecule has 0 heterocycles. The molecule has 0 aromatic heterocycles. The zero-order chi connectivity index (χ0) is 19.3. The van der Waals surface area contributed by atoms with Crippen molar-refractivity contribution < 1.29 is 14.3 Å². The minimum absolute atomic E-state index is 0.189. The van der Waals surface area contributed by atoms with E-state index in [-0.39, 0.29) is 12.5 Å². The number of carbonyl (C=O) groups excluding carboxylic acids is 2. The summed E-state index contributed by atoms with van der Waals surface area (Å²) in [4.78, 5) is 24.0. The van der Waals surface area contributed by atoms with Gasteiger partial charge in [0.05, 0.1) is 11.6 Å². The lowest BCUT2D eigenvalue weighted by Crippen LogP contribution is -2.45. The molecule has 0 aliphatic heterocycles. The molecule has 0 saturated heterocycles. The predicted octanol–water partition coefficient (Wildman–Crippen LogP) is 2.93. The number of rotatable bonds is 6. The van der Waals surface area contributed by atoms with Crippen LogP contribution in [-0.2, 0) is 6.61 Å². The number of nitrogens with two attached hydrogens (primary N) is 1. The third-order valence-corrected chi connectivity index (χ3v) is 4.76. The molecule has 138 valence electrons. The van der Waals surface area contributed by atoms with E-state index in [4.69, 9.17) is 10.5 Å². The quantitative estimate of drug-likeness (QED) is 0.823. The molecule has 0 spiro atoms. The number of benzene rings is 2. The number of nitrogens with zero attached hydrogens (tertiary/aromatic N) is 1. The van der Waals surface area contributed by atoms with Crippen LogP contribution in [0.15, 0.2) is 48.5 Å². The van der Waals surface area contributed by atoms with E-state index in [2.05, 4.69) is 11.4 Å². The molecule has 2 amide bonds. The monoisotopic (exact) mass is 363 g/mol. The van der Waals surface area contributed by atoms with Crippen molar-refractivity contribution in [3.63, 3.8) is 0 Å². The number of carbonyl (C=O) groups is 2. The van der Waals surface area contributed by atoms with E-state index in [1.54, 1.807) is 42.5 Å². The van der Waals surface area contributed by atoms with E-state index in [1.807, 2.05) is 6.07 Å². The van der Waals surface area contributed by atoms with Gasteiger partial charge in [-0.1, -0.05) is 24.3 Å². The summed E-state index contributed by atoms with van der Waals surface area (Å²) < 4.78 is 5.71. The van der Waals surface area contributed by atoms with Crippen molar-refractivity contribution in [1.82, 2.24) is 5.32 Å². The average molecular weight is 363 g/mol. The fraction of sp³-hybridized carbons (Fsp3) is 0.286. The van der Waals surface area contributed by atoms with Crippen molar-refractivity contribution in [2.24, 2.45) is 5.73 Å². The maximum Gasteiger partial charge on any atom is 0.252 e. The highest BCUT2D eigenvalue weighted by molar-refractivity contribution is 5.96. The Morgan fingerprint density at radius 1 is 1.15 bits per heavy atom. The lowest BCUT2D eigenvalue weighted by atomic mass is 9.99. The minimum atomic E-state index is -0.760. The highest BCUT2D eigenvalue weighted by Crippen LogP contribution is 2.29. The van der Waals surface area contributed by atoms with E-state index in [9.17, 15) is 14.9 Å². The van der Waals surface area contributed by atoms with Crippen LogP contribution in [-0.4, -0.2) is 17.4 Å². The second kappa shape index (κ2) is 7.92. The second-order valence-corrected chi connectivity index (χ2v) is 6.70. The smallest absolute Gasteiger partial charge is 0.252 e. The Morgan fingerprint density at radius 2 is 1.89 bits per heavy atom. The van der Waals surface area contributed by atoms with Crippen LogP contribution in [0.3, 0.4) is 0 Å². The van der Waals surface area contributed by atoms with Crippen molar-refractivity contribution in [3.8, 4) is 11.8 Å². The van der Waals surface area contributed by atoms with Crippen LogP contribution in [0.1, 0.15) is 52.0 Å². The van der Waals surface area contributed by atoms with Gasteiger partial charge in [-0.2, -0.15) is 5.26 Å². The molecule has 0 bridgehead atoms. The van der Waals surface area contributed by atoms with Gasteiger partial charge in [-0.3, -0.25) is 9.59 Å². The summed E-state index contributed by atoms with van der Waals surface area (Å²) in [6, 6.07) is 16.0. The lowest BCUT2D eigenvalue weighted by molar-refractivity contribution is 0.0919. The number of nitrogens with one attached hydrogen (secondary N) is 1. The Bertz CT molecular complexity index is 896. The molecule has 0 unspecified atom stereocenters. The summed E-state index contributed by atoms with van der Waals surface area (Å²) in [5.74, 6) is -0.427. The van der Waals surface area contributed by atoms with Crippen LogP contribution in [0.4, 0.5) is 0 Å². The molecule has 3 rings (SSSR count). The zero-order valence-corrected chi connectivity index (χ0v) is 14.9. The van der Waals surface area contributed by atoms with Crippen LogP contribution in [0.25, 0.3) is 0 Å². The average Bonchev–Trinajstić information content (AvgIpc) is 3.15. The van der Waals surface area contributed by atoms with Crippen molar-refractivity contribution in [1.29, 1.82) is 5.26 Å². The SMILES string of the molecule is N#CC1(NC(=O)c2cccc(COc3ccccc3C(N)=O)c2)CCCC1. The standard InChI is InChI=1S/C21H21N3O3/c22-14-21(10-3-4-11-21)24-20(26)16-7-5-6-15(12-16)13-27-18-9-2-1-8-17(18)19(23)25/h1-2,5-9,12H,3-4,10-11,13H2,(H2,23,25)(H,24,26). The van der Waals surface area contributed by atoms with Gasteiger partial charge in [0.2, 0.25) is 0 Å². The van der Waals surface area contributed by atoms with Crippen molar-refractivity contribution in [3.05, 3.63) is 65.2 Å². The number of para-hydroxylation sites is 1. The maximum atomic E-state index is 12.6. The van der Waals surface area contributed by atoms with Gasteiger partial charge in [-0.05, 0) is 55.5 Å². The lowest BCUT2D eigenvalue weighted by Gasteiger charge is -2.22. The number of hydrogen-bond donors (Lipinski definition) is 2. The van der Waals surface area contributed by atoms with Crippen LogP contribution in [0.2, 0.25) is 0 Å². The molecule has 6 heteroatoms. The van der Waals surface area contributed by atoms with Gasteiger partial charge >= 0.3 is 0 Å². The summed E-state index contributed by atoms with van der Waals surface area (Å²) in [5.41, 5.74) is 6.15. The fourth-order valence-electron chi connectivity index (χ4n) is 3.29. The first-order valence-corrected chi connectivity index (χ1v) is 8.87. The highest BCUT2D eigenvalue weighted by atomic mass is 16.5. The van der Waals surface area contributed by atoms with Crippen LogP contribution < -0.4 is 15.8 Å². The number of primary amides is 1. The van der Waals surface area contributed by atoms with Crippen molar-refractivity contribution in [2.75, 3.05) is 0 Å². The Labute approximate surface area is 157 Å². The van der Waals surface area contributed by atoms with Gasteiger partial charge in [-0.25, -0.2) is 0 Å². The second-order valence-electron chi connectivity index (χ2n) is 6.70. The molecular weight excluding hydrogens is 342 g/mol. The number of hydrogen-bond acceptors (Lipinski definition) is 4. The van der Waals surface area contributed by atoms with Gasteiger partial charge in [0.15, 0.2) is 0 Å². The number of nitriles is 1. The zero-order valence-electron chi connectivity index (χ0n) is 14.9. The fourth-order valence-corrected chi connectivity index (χ4v) is 3.29. The Hall–Kier alpha value is -3.33. The molecular formula is C21H21N3O3. The third-order valence-electron chi connectivity index (χ3n) is 4.76. The molecule has 1 saturated carbocycles. The molecule has 1 aliphatic carbocycles. The van der Waals surface area contributed by atoms with Crippen LogP contribution in [0.5, 0.6) is 5.75 Å². The summed E-state index contributed by atoms with van der Waals surface area (Å²) in [7, 11) is 0. The molecule has 0 radical (unpaired) electrons. The van der Waals surface area contributed by atoms with Gasteiger partial charge in [-0.15, -0.1) is 0 Å². The molecule has 1 fully saturated rings. The van der Waals surface area contributed by atoms with Crippen LogP contribution >= 0.6 is 0 Å². The first kappa shape index (κ1) is 18.5. The third kappa shape index (κ3) is 4.26. The van der Waals surface area contributed by atoms with Crippen molar-refractivity contribution >= 4 is 11.8 Å². The van der Waals surface area contributed by atoms with E-state index in [1.165, 1.54) is 0 Å². The summed E-state index contributed by atoms with van der Waals surface area (Å²) >= 11 is 0. The van der Waals surface area contributed by atoms with E-state index < -0.39 is 11.4 Å². The van der Waals surface area contributed by atoms with E-state index >= 15 is 0 Å². The molecule has 27 heavy (non-hydrogen) atoms. The first-order chi connectivity index (χ1) is 13.0. The van der Waals surface area contributed by atoms with Gasteiger partial charge in [0.1, 0.15) is 17.9 Å². The summed E-state index contributed by atoms with van der Waals surface area (Å²) in [6.45, 7) is 0.189. The van der Waals surface area contributed by atoms with E-state index in [0.29, 0.717) is 29.7 Å². The van der Waals surface area contributed by atoms with Gasteiger partial charge < -0.3 is 15.8 Å². The largest absolute Gasteiger partial charge is 0.488 e. The van der Waals surface area contributed by atoms with Gasteiger partial charge in [0.25, 0.3) is 11.8 Å². The number of ether oxygens (including phenoxy) is 1. The topological polar surface area (TPSA) is 105 Å². The highest BCUT2D eigenvalue weighted by Gasteiger charge is 2.35. The molecule has 6 nitrogen and oxygen atoms in total.